The van der Waals surface area contributed by atoms with E-state index in [0.29, 0.717) is 5.92 Å². The van der Waals surface area contributed by atoms with Gasteiger partial charge in [0.2, 0.25) is 0 Å². The van der Waals surface area contributed by atoms with Gasteiger partial charge in [-0.15, -0.1) is 0 Å². The van der Waals surface area contributed by atoms with E-state index in [2.05, 4.69) is 83.8 Å². The molecule has 0 saturated carbocycles. The maximum absolute atomic E-state index is 6.12. The van der Waals surface area contributed by atoms with Gasteiger partial charge >= 0.3 is 0 Å². The van der Waals surface area contributed by atoms with Crippen LogP contribution in [0.1, 0.15) is 35.6 Å². The van der Waals surface area contributed by atoms with Gasteiger partial charge in [0.1, 0.15) is 0 Å². The summed E-state index contributed by atoms with van der Waals surface area (Å²) in [4.78, 5) is 6.65. The van der Waals surface area contributed by atoms with Crippen LogP contribution in [-0.2, 0) is 11.3 Å². The van der Waals surface area contributed by atoms with Gasteiger partial charge in [0.25, 0.3) is 0 Å². The Balaban J connectivity index is 1.59. The van der Waals surface area contributed by atoms with Crippen LogP contribution in [0.2, 0.25) is 0 Å². The lowest BCUT2D eigenvalue weighted by Crippen LogP contribution is -2.42. The third kappa shape index (κ3) is 5.33. The van der Waals surface area contributed by atoms with Crippen LogP contribution >= 0.6 is 0 Å². The summed E-state index contributed by atoms with van der Waals surface area (Å²) in [7, 11) is 3.93. The minimum atomic E-state index is 0.160. The van der Waals surface area contributed by atoms with Crippen LogP contribution in [-0.4, -0.2) is 38.1 Å². The summed E-state index contributed by atoms with van der Waals surface area (Å²) in [5, 5.41) is 3.57. The van der Waals surface area contributed by atoms with E-state index in [0.717, 1.165) is 32.1 Å². The fraction of sp³-hybridized carbons (Fsp3) is 0.435. The van der Waals surface area contributed by atoms with Gasteiger partial charge in [-0.3, -0.25) is 4.99 Å². The van der Waals surface area contributed by atoms with Crippen LogP contribution in [0, 0.1) is 12.8 Å². The first kappa shape index (κ1) is 19.4. The molecule has 0 radical (unpaired) electrons. The van der Waals surface area contributed by atoms with Crippen molar-refractivity contribution in [3.8, 4) is 0 Å². The average Bonchev–Trinajstić information content (AvgIpc) is 2.71. The Labute approximate surface area is 163 Å². The smallest absolute Gasteiger partial charge is 0.193 e. The Morgan fingerprint density at radius 3 is 2.59 bits per heavy atom. The van der Waals surface area contributed by atoms with Crippen molar-refractivity contribution in [3.63, 3.8) is 0 Å². The lowest BCUT2D eigenvalue weighted by atomic mass is 9.89. The monoisotopic (exact) mass is 365 g/mol. The molecule has 0 aliphatic carbocycles. The van der Waals surface area contributed by atoms with Gasteiger partial charge in [-0.05, 0) is 30.9 Å². The van der Waals surface area contributed by atoms with Crippen molar-refractivity contribution >= 4 is 5.96 Å². The van der Waals surface area contributed by atoms with Gasteiger partial charge in [-0.2, -0.15) is 0 Å². The van der Waals surface area contributed by atoms with E-state index < -0.39 is 0 Å². The zero-order chi connectivity index (χ0) is 19.1. The highest BCUT2D eigenvalue weighted by Gasteiger charge is 2.27. The van der Waals surface area contributed by atoms with Crippen LogP contribution in [0.5, 0.6) is 0 Å². The molecule has 4 nitrogen and oxygen atoms in total. The first-order valence-electron chi connectivity index (χ1n) is 9.81. The Kier molecular flexibility index (Phi) is 6.88. The lowest BCUT2D eigenvalue weighted by Gasteiger charge is -2.33. The molecule has 2 aromatic rings. The van der Waals surface area contributed by atoms with Crippen molar-refractivity contribution in [3.05, 3.63) is 71.3 Å². The van der Waals surface area contributed by atoms with Crippen LogP contribution < -0.4 is 5.32 Å². The normalized spacial score (nSPS) is 20.3. The quantitative estimate of drug-likeness (QED) is 0.638. The summed E-state index contributed by atoms with van der Waals surface area (Å²) < 4.78 is 6.12. The molecule has 2 unspecified atom stereocenters. The zero-order valence-electron chi connectivity index (χ0n) is 16.7. The fourth-order valence-electron chi connectivity index (χ4n) is 3.71. The van der Waals surface area contributed by atoms with E-state index in [1.807, 2.05) is 7.05 Å². The highest BCUT2D eigenvalue weighted by atomic mass is 16.5. The number of guanidine groups is 1. The topological polar surface area (TPSA) is 36.9 Å². The predicted molar refractivity (Wildman–Crippen MR) is 112 cm³/mol. The molecule has 1 aliphatic rings. The van der Waals surface area contributed by atoms with Crippen molar-refractivity contribution in [2.45, 2.75) is 32.4 Å². The van der Waals surface area contributed by atoms with E-state index in [1.165, 1.54) is 23.1 Å². The summed E-state index contributed by atoms with van der Waals surface area (Å²) in [6, 6.07) is 19.2. The molecule has 3 rings (SSSR count). The zero-order valence-corrected chi connectivity index (χ0v) is 16.7. The van der Waals surface area contributed by atoms with Gasteiger partial charge in [0.05, 0.1) is 6.10 Å². The number of ether oxygens (including phenoxy) is 1. The Morgan fingerprint density at radius 1 is 1.15 bits per heavy atom. The van der Waals surface area contributed by atoms with Crippen molar-refractivity contribution < 1.29 is 4.74 Å². The number of nitrogens with one attached hydrogen (secondary N) is 1. The second kappa shape index (κ2) is 9.56. The van der Waals surface area contributed by atoms with Crippen molar-refractivity contribution in [1.82, 2.24) is 10.2 Å². The Morgan fingerprint density at radius 2 is 1.89 bits per heavy atom. The number of hydrogen-bond acceptors (Lipinski definition) is 2. The number of aryl methyl sites for hydroxylation is 1. The summed E-state index contributed by atoms with van der Waals surface area (Å²) in [5.74, 6) is 1.37. The molecule has 2 atom stereocenters. The number of aliphatic imine (C=N–C) groups is 1. The summed E-state index contributed by atoms with van der Waals surface area (Å²) >= 11 is 0. The van der Waals surface area contributed by atoms with E-state index >= 15 is 0 Å². The van der Waals surface area contributed by atoms with Crippen LogP contribution in [0.25, 0.3) is 0 Å². The van der Waals surface area contributed by atoms with E-state index in [1.54, 1.807) is 0 Å². The van der Waals surface area contributed by atoms with Crippen molar-refractivity contribution in [1.29, 1.82) is 0 Å². The first-order valence-corrected chi connectivity index (χ1v) is 9.81. The van der Waals surface area contributed by atoms with Gasteiger partial charge in [0.15, 0.2) is 5.96 Å². The highest BCUT2D eigenvalue weighted by molar-refractivity contribution is 5.79. The number of rotatable bonds is 5. The van der Waals surface area contributed by atoms with E-state index in [-0.39, 0.29) is 6.10 Å². The molecule has 0 amide bonds. The SMILES string of the molecule is CN=C(NCC1CCCOC1c1ccccc1)N(C)Cc1ccc(C)cc1. The maximum Gasteiger partial charge on any atom is 0.193 e. The predicted octanol–water partition coefficient (Wildman–Crippen LogP) is 4.17. The standard InChI is InChI=1S/C23H31N3O/c1-18-11-13-19(14-12-18)17-26(3)23(24-2)25-16-21-10-7-15-27-22(21)20-8-5-4-6-9-20/h4-6,8-9,11-14,21-22H,7,10,15-17H2,1-3H3,(H,24,25). The first-order chi connectivity index (χ1) is 13.2. The molecule has 1 aliphatic heterocycles. The van der Waals surface area contributed by atoms with Crippen LogP contribution in [0.3, 0.4) is 0 Å². The molecule has 0 aromatic heterocycles. The minimum absolute atomic E-state index is 0.160. The molecule has 144 valence electrons. The number of nitrogens with zero attached hydrogens (tertiary/aromatic N) is 2. The van der Waals surface area contributed by atoms with Gasteiger partial charge in [0, 0.05) is 39.7 Å². The minimum Gasteiger partial charge on any atom is -0.373 e. The van der Waals surface area contributed by atoms with E-state index in [9.17, 15) is 0 Å². The highest BCUT2D eigenvalue weighted by Crippen LogP contribution is 2.33. The Bertz CT molecular complexity index is 727. The largest absolute Gasteiger partial charge is 0.373 e. The van der Waals surface area contributed by atoms with Gasteiger partial charge < -0.3 is 15.0 Å². The molecule has 2 aromatic carbocycles. The number of benzene rings is 2. The van der Waals surface area contributed by atoms with Gasteiger partial charge in [-0.1, -0.05) is 60.2 Å². The van der Waals surface area contributed by atoms with Crippen molar-refractivity contribution in [2.24, 2.45) is 10.9 Å². The van der Waals surface area contributed by atoms with Crippen LogP contribution in [0.4, 0.5) is 0 Å². The second-order valence-electron chi connectivity index (χ2n) is 7.37. The molecular formula is C23H31N3O. The average molecular weight is 366 g/mol. The molecule has 27 heavy (non-hydrogen) atoms. The van der Waals surface area contributed by atoms with Gasteiger partial charge in [-0.25, -0.2) is 0 Å². The molecule has 0 spiro atoms. The third-order valence-corrected chi connectivity index (χ3v) is 5.21. The van der Waals surface area contributed by atoms with Crippen molar-refractivity contribution in [2.75, 3.05) is 27.2 Å². The Hall–Kier alpha value is -2.33. The molecule has 1 N–H and O–H groups in total. The third-order valence-electron chi connectivity index (χ3n) is 5.21. The molecule has 1 saturated heterocycles. The fourth-order valence-corrected chi connectivity index (χ4v) is 3.71. The summed E-state index contributed by atoms with van der Waals surface area (Å²) in [6.45, 7) is 4.66. The number of hydrogen-bond donors (Lipinski definition) is 1. The molecule has 1 heterocycles. The lowest BCUT2D eigenvalue weighted by molar-refractivity contribution is -0.0266. The van der Waals surface area contributed by atoms with E-state index in [4.69, 9.17) is 4.74 Å². The molecule has 4 heteroatoms. The molecule has 1 fully saturated rings. The molecular weight excluding hydrogens is 334 g/mol. The second-order valence-corrected chi connectivity index (χ2v) is 7.37. The maximum atomic E-state index is 6.12. The molecule has 0 bridgehead atoms. The summed E-state index contributed by atoms with van der Waals surface area (Å²) in [6.07, 6.45) is 2.45. The summed E-state index contributed by atoms with van der Waals surface area (Å²) in [5.41, 5.74) is 3.84. The van der Waals surface area contributed by atoms with Crippen LogP contribution in [0.15, 0.2) is 59.6 Å².